The molecule has 3 rings (SSSR count). The molecule has 23 heavy (non-hydrogen) atoms. The third kappa shape index (κ3) is 3.05. The van der Waals surface area contributed by atoms with Crippen molar-refractivity contribution in [3.8, 4) is 0 Å². The molecular formula is C18H18O5. The van der Waals surface area contributed by atoms with Gasteiger partial charge in [0.2, 0.25) is 0 Å². The lowest BCUT2D eigenvalue weighted by atomic mass is 9.75. The third-order valence-electron chi connectivity index (χ3n) is 4.29. The average Bonchev–Trinajstić information content (AvgIpc) is 2.57. The van der Waals surface area contributed by atoms with Gasteiger partial charge in [0, 0.05) is 25.0 Å². The van der Waals surface area contributed by atoms with E-state index in [0.29, 0.717) is 17.8 Å². The summed E-state index contributed by atoms with van der Waals surface area (Å²) >= 11 is 0. The van der Waals surface area contributed by atoms with Crippen molar-refractivity contribution in [1.29, 1.82) is 0 Å². The molecule has 1 fully saturated rings. The number of fused-ring (bicyclic) bond motifs is 1. The predicted molar refractivity (Wildman–Crippen MR) is 82.6 cm³/mol. The van der Waals surface area contributed by atoms with Crippen LogP contribution in [0.1, 0.15) is 24.3 Å². The predicted octanol–water partition coefficient (Wildman–Crippen LogP) is 2.65. The Labute approximate surface area is 134 Å². The normalized spacial score (nSPS) is 26.7. The highest BCUT2D eigenvalue weighted by molar-refractivity contribution is 5.97. The minimum atomic E-state index is -0.954. The van der Waals surface area contributed by atoms with Crippen LogP contribution in [0.2, 0.25) is 0 Å². The number of rotatable bonds is 4. The van der Waals surface area contributed by atoms with Gasteiger partial charge in [0.15, 0.2) is 12.1 Å². The van der Waals surface area contributed by atoms with Gasteiger partial charge in [-0.25, -0.2) is 0 Å². The fraction of sp³-hybridized carbons (Fsp3) is 0.333. The first-order valence-electron chi connectivity index (χ1n) is 7.51. The number of carboxylic acids is 1. The lowest BCUT2D eigenvalue weighted by Gasteiger charge is -2.39. The lowest BCUT2D eigenvalue weighted by Crippen LogP contribution is -2.37. The molecule has 2 aliphatic rings. The summed E-state index contributed by atoms with van der Waals surface area (Å²) in [6, 6.07) is 9.73. The van der Waals surface area contributed by atoms with E-state index in [1.165, 1.54) is 6.08 Å². The number of carbonyl (C=O) groups is 2. The molecule has 3 unspecified atom stereocenters. The first kappa shape index (κ1) is 15.5. The Morgan fingerprint density at radius 2 is 2.04 bits per heavy atom. The van der Waals surface area contributed by atoms with Crippen LogP contribution in [0.3, 0.4) is 0 Å². The molecular weight excluding hydrogens is 296 g/mol. The van der Waals surface area contributed by atoms with Gasteiger partial charge in [0.05, 0.1) is 12.3 Å². The topological polar surface area (TPSA) is 72.8 Å². The zero-order valence-electron chi connectivity index (χ0n) is 12.8. The van der Waals surface area contributed by atoms with Gasteiger partial charge in [-0.3, -0.25) is 9.59 Å². The number of benzene rings is 1. The molecule has 0 radical (unpaired) electrons. The summed E-state index contributed by atoms with van der Waals surface area (Å²) in [4.78, 5) is 23.5. The minimum Gasteiger partial charge on any atom is -0.481 e. The molecule has 1 aromatic rings. The van der Waals surface area contributed by atoms with Crippen molar-refractivity contribution in [3.63, 3.8) is 0 Å². The van der Waals surface area contributed by atoms with E-state index in [2.05, 4.69) is 0 Å². The molecule has 3 atom stereocenters. The highest BCUT2D eigenvalue weighted by atomic mass is 16.7. The van der Waals surface area contributed by atoms with E-state index in [9.17, 15) is 9.59 Å². The van der Waals surface area contributed by atoms with E-state index < -0.39 is 18.2 Å². The van der Waals surface area contributed by atoms with Crippen molar-refractivity contribution in [1.82, 2.24) is 0 Å². The van der Waals surface area contributed by atoms with E-state index in [4.69, 9.17) is 14.6 Å². The molecule has 0 aromatic heterocycles. The number of hydrogen-bond acceptors (Lipinski definition) is 4. The lowest BCUT2D eigenvalue weighted by molar-refractivity contribution is -0.146. The van der Waals surface area contributed by atoms with Crippen LogP contribution in [-0.2, 0) is 19.1 Å². The number of carbonyl (C=O) groups excluding carboxylic acids is 1. The van der Waals surface area contributed by atoms with E-state index >= 15 is 0 Å². The van der Waals surface area contributed by atoms with Gasteiger partial charge < -0.3 is 14.6 Å². The molecule has 1 N–H and O–H groups in total. The van der Waals surface area contributed by atoms with Gasteiger partial charge in [0.1, 0.15) is 5.76 Å². The van der Waals surface area contributed by atoms with Gasteiger partial charge in [0.25, 0.3) is 0 Å². The van der Waals surface area contributed by atoms with Crippen LogP contribution in [0.4, 0.5) is 0 Å². The van der Waals surface area contributed by atoms with Crippen molar-refractivity contribution >= 4 is 11.8 Å². The van der Waals surface area contributed by atoms with Crippen LogP contribution in [0, 0.1) is 5.92 Å². The first-order valence-corrected chi connectivity index (χ1v) is 7.51. The number of hydrogen-bond donors (Lipinski definition) is 1. The molecule has 0 amide bonds. The van der Waals surface area contributed by atoms with Gasteiger partial charge in [-0.05, 0) is 11.6 Å². The summed E-state index contributed by atoms with van der Waals surface area (Å²) in [7, 11) is 1.55. The van der Waals surface area contributed by atoms with Crippen molar-refractivity contribution in [2.75, 3.05) is 7.11 Å². The third-order valence-corrected chi connectivity index (χ3v) is 4.29. The Morgan fingerprint density at radius 3 is 2.70 bits per heavy atom. The molecule has 1 aliphatic heterocycles. The maximum Gasteiger partial charge on any atom is 0.307 e. The second-order valence-corrected chi connectivity index (χ2v) is 5.71. The molecule has 1 aromatic carbocycles. The Balaban J connectivity index is 2.05. The highest BCUT2D eigenvalue weighted by Gasteiger charge is 2.42. The number of ether oxygens (including phenoxy) is 2. The molecule has 120 valence electrons. The second-order valence-electron chi connectivity index (χ2n) is 5.71. The molecule has 0 saturated carbocycles. The van der Waals surface area contributed by atoms with Gasteiger partial charge in [-0.15, -0.1) is 0 Å². The average molecular weight is 314 g/mol. The highest BCUT2D eigenvalue weighted by Crippen LogP contribution is 2.44. The molecule has 1 saturated heterocycles. The van der Waals surface area contributed by atoms with Crippen LogP contribution < -0.4 is 0 Å². The fourth-order valence-corrected chi connectivity index (χ4v) is 3.24. The van der Waals surface area contributed by atoms with Crippen LogP contribution in [0.25, 0.3) is 0 Å². The molecule has 5 nitrogen and oxygen atoms in total. The van der Waals surface area contributed by atoms with Crippen molar-refractivity contribution in [3.05, 3.63) is 59.4 Å². The van der Waals surface area contributed by atoms with Crippen molar-refractivity contribution in [2.45, 2.75) is 25.0 Å². The molecule has 5 heteroatoms. The zero-order valence-corrected chi connectivity index (χ0v) is 12.8. The van der Waals surface area contributed by atoms with E-state index in [0.717, 1.165) is 5.56 Å². The number of allylic oxidation sites excluding steroid dienone is 3. The molecule has 1 aliphatic carbocycles. The molecule has 0 bridgehead atoms. The van der Waals surface area contributed by atoms with Crippen LogP contribution >= 0.6 is 0 Å². The van der Waals surface area contributed by atoms with Crippen molar-refractivity contribution in [2.24, 2.45) is 5.92 Å². The maximum atomic E-state index is 12.4. The zero-order chi connectivity index (χ0) is 16.4. The summed E-state index contributed by atoms with van der Waals surface area (Å²) in [5, 5.41) is 9.09. The van der Waals surface area contributed by atoms with Gasteiger partial charge >= 0.3 is 5.97 Å². The number of aliphatic carboxylic acids is 1. The Morgan fingerprint density at radius 1 is 1.30 bits per heavy atom. The summed E-state index contributed by atoms with van der Waals surface area (Å²) < 4.78 is 11.1. The Bertz CT molecular complexity index is 674. The summed E-state index contributed by atoms with van der Waals surface area (Å²) in [6.07, 6.45) is 2.89. The molecule has 1 heterocycles. The monoisotopic (exact) mass is 314 g/mol. The minimum absolute atomic E-state index is 0.0578. The smallest absolute Gasteiger partial charge is 0.307 e. The SMILES string of the molecule is COC1CC(c2ccccc2)C2C(=O)C=CC(CC(=O)O)=C2O1. The van der Waals surface area contributed by atoms with Crippen LogP contribution in [0.15, 0.2) is 53.8 Å². The number of carboxylic acid groups (broad SMARTS) is 1. The van der Waals surface area contributed by atoms with E-state index in [-0.39, 0.29) is 18.1 Å². The Hall–Kier alpha value is -2.40. The quantitative estimate of drug-likeness (QED) is 0.925. The maximum absolute atomic E-state index is 12.4. The number of methoxy groups -OCH3 is 1. The standard InChI is InChI=1S/C18H18O5/c1-22-16-10-13(11-5-3-2-4-6-11)17-14(19)8-7-12(9-15(20)21)18(17)23-16/h2-8,13,16-17H,9-10H2,1H3,(H,20,21). The first-order chi connectivity index (χ1) is 11.1. The fourth-order valence-electron chi connectivity index (χ4n) is 3.24. The summed E-state index contributed by atoms with van der Waals surface area (Å²) in [5.41, 5.74) is 1.56. The largest absolute Gasteiger partial charge is 0.481 e. The van der Waals surface area contributed by atoms with Gasteiger partial charge in [-0.2, -0.15) is 0 Å². The summed E-state index contributed by atoms with van der Waals surface area (Å²) in [6.45, 7) is 0. The van der Waals surface area contributed by atoms with Gasteiger partial charge in [-0.1, -0.05) is 36.4 Å². The summed E-state index contributed by atoms with van der Waals surface area (Å²) in [5.74, 6) is -1.15. The molecule has 0 spiro atoms. The van der Waals surface area contributed by atoms with E-state index in [1.54, 1.807) is 13.2 Å². The van der Waals surface area contributed by atoms with Crippen molar-refractivity contribution < 1.29 is 24.2 Å². The Kier molecular flexibility index (Phi) is 4.30. The number of ketones is 1. The van der Waals surface area contributed by atoms with Crippen LogP contribution in [-0.4, -0.2) is 30.3 Å². The second kappa shape index (κ2) is 6.38. The van der Waals surface area contributed by atoms with Crippen LogP contribution in [0.5, 0.6) is 0 Å². The van der Waals surface area contributed by atoms with E-state index in [1.807, 2.05) is 30.3 Å².